The van der Waals surface area contributed by atoms with Crippen LogP contribution in [0.5, 0.6) is 0 Å². The molecule has 0 aliphatic heterocycles. The molecule has 0 spiro atoms. The second-order valence-electron chi connectivity index (χ2n) is 7.45. The molecule has 2 fully saturated rings. The maximum absolute atomic E-state index is 13.0. The molecule has 2 aliphatic rings. The molecule has 0 heterocycles. The summed E-state index contributed by atoms with van der Waals surface area (Å²) < 4.78 is 13.0. The predicted octanol–water partition coefficient (Wildman–Crippen LogP) is 5.65. The average Bonchev–Trinajstić information content (AvgIpc) is 2.38. The summed E-state index contributed by atoms with van der Waals surface area (Å²) in [7, 11) is 0. The molecule has 0 amide bonds. The Hall–Kier alpha value is -0.580. The van der Waals surface area contributed by atoms with E-state index >= 15 is 0 Å². The van der Waals surface area contributed by atoms with E-state index in [1.54, 1.807) is 6.92 Å². The van der Waals surface area contributed by atoms with Gasteiger partial charge in [0.05, 0.1) is 11.5 Å². The van der Waals surface area contributed by atoms with Crippen molar-refractivity contribution >= 4 is 0 Å². The van der Waals surface area contributed by atoms with Gasteiger partial charge in [-0.3, -0.25) is 0 Å². The molecule has 2 aliphatic carbocycles. The lowest BCUT2D eigenvalue weighted by atomic mass is 9.73. The molecule has 19 heavy (non-hydrogen) atoms. The molecular formula is C17H30FN. The third-order valence-electron chi connectivity index (χ3n) is 4.96. The van der Waals surface area contributed by atoms with Gasteiger partial charge >= 0.3 is 0 Å². The van der Waals surface area contributed by atoms with Gasteiger partial charge in [-0.05, 0) is 77.0 Å². The quantitative estimate of drug-likeness (QED) is 0.556. The second-order valence-corrected chi connectivity index (χ2v) is 7.45. The number of halogens is 1. The Bertz CT molecular complexity index is 298. The number of nitrogens with zero attached hydrogens (tertiary/aromatic N) is 1. The SMILES string of the molecule is CC1CCC(C)(C#N)CC1.CC1CCC(C)(F)CC1. The standard InChI is InChI=1S/C9H15N.C8H15F/c1-8-3-5-9(2,7-10)6-4-8;1-7-3-5-8(2,9)6-4-7/h8H,3-6H2,1-2H3;7H,3-6H2,1-2H3. The van der Waals surface area contributed by atoms with Gasteiger partial charge in [-0.2, -0.15) is 5.26 Å². The first-order chi connectivity index (χ1) is 8.76. The summed E-state index contributed by atoms with van der Waals surface area (Å²) >= 11 is 0. The molecule has 110 valence electrons. The zero-order valence-electron chi connectivity index (χ0n) is 13.1. The van der Waals surface area contributed by atoms with Crippen molar-refractivity contribution in [1.29, 1.82) is 5.26 Å². The third kappa shape index (κ3) is 5.93. The van der Waals surface area contributed by atoms with Crippen molar-refractivity contribution in [2.45, 2.75) is 84.7 Å². The molecule has 2 heteroatoms. The van der Waals surface area contributed by atoms with E-state index in [0.717, 1.165) is 50.4 Å². The summed E-state index contributed by atoms with van der Waals surface area (Å²) in [5.41, 5.74) is -0.834. The van der Waals surface area contributed by atoms with Crippen molar-refractivity contribution in [2.75, 3.05) is 0 Å². The van der Waals surface area contributed by atoms with Crippen molar-refractivity contribution in [3.8, 4) is 6.07 Å². The molecule has 0 aromatic carbocycles. The average molecular weight is 267 g/mol. The van der Waals surface area contributed by atoms with Crippen LogP contribution in [-0.2, 0) is 0 Å². The summed E-state index contributed by atoms with van der Waals surface area (Å²) in [4.78, 5) is 0. The Morgan fingerprint density at radius 3 is 1.58 bits per heavy atom. The van der Waals surface area contributed by atoms with Crippen LogP contribution in [0.2, 0.25) is 0 Å². The summed E-state index contributed by atoms with van der Waals surface area (Å²) in [5, 5.41) is 8.79. The molecule has 0 bridgehead atoms. The molecule has 1 nitrogen and oxygen atoms in total. The predicted molar refractivity (Wildman–Crippen MR) is 78.5 cm³/mol. The van der Waals surface area contributed by atoms with E-state index < -0.39 is 5.67 Å². The van der Waals surface area contributed by atoms with Gasteiger partial charge in [0.25, 0.3) is 0 Å². The highest BCUT2D eigenvalue weighted by atomic mass is 19.1. The molecule has 0 aromatic heterocycles. The molecule has 0 radical (unpaired) electrons. The fraction of sp³-hybridized carbons (Fsp3) is 0.941. The fourth-order valence-corrected chi connectivity index (χ4v) is 2.88. The zero-order chi connectivity index (χ0) is 14.5. The van der Waals surface area contributed by atoms with Crippen LogP contribution in [-0.4, -0.2) is 5.67 Å². The molecule has 0 atom stereocenters. The molecule has 2 saturated carbocycles. The van der Waals surface area contributed by atoms with E-state index in [4.69, 9.17) is 5.26 Å². The first kappa shape index (κ1) is 16.5. The summed E-state index contributed by atoms with van der Waals surface area (Å²) in [6.07, 6.45) is 8.38. The number of hydrogen-bond donors (Lipinski definition) is 0. The topological polar surface area (TPSA) is 23.8 Å². The normalized spacial score (nSPS) is 42.7. The van der Waals surface area contributed by atoms with E-state index in [0.29, 0.717) is 0 Å². The van der Waals surface area contributed by atoms with Crippen LogP contribution in [0.25, 0.3) is 0 Å². The van der Waals surface area contributed by atoms with Crippen LogP contribution in [0.4, 0.5) is 4.39 Å². The summed E-state index contributed by atoms with van der Waals surface area (Å²) in [6.45, 7) is 8.28. The lowest BCUT2D eigenvalue weighted by molar-refractivity contribution is 0.108. The van der Waals surface area contributed by atoms with Crippen LogP contribution in [0.15, 0.2) is 0 Å². The molecule has 0 N–H and O–H groups in total. The van der Waals surface area contributed by atoms with Crippen molar-refractivity contribution in [3.05, 3.63) is 0 Å². The van der Waals surface area contributed by atoms with E-state index in [-0.39, 0.29) is 5.41 Å². The van der Waals surface area contributed by atoms with Gasteiger partial charge in [0.15, 0.2) is 0 Å². The van der Waals surface area contributed by atoms with E-state index in [1.807, 2.05) is 0 Å². The van der Waals surface area contributed by atoms with Crippen molar-refractivity contribution in [2.24, 2.45) is 17.3 Å². The van der Waals surface area contributed by atoms with Crippen LogP contribution >= 0.6 is 0 Å². The van der Waals surface area contributed by atoms with Crippen LogP contribution in [0.3, 0.4) is 0 Å². The van der Waals surface area contributed by atoms with Gasteiger partial charge in [0, 0.05) is 0 Å². The monoisotopic (exact) mass is 267 g/mol. The largest absolute Gasteiger partial charge is 0.244 e. The lowest BCUT2D eigenvalue weighted by Crippen LogP contribution is -2.24. The van der Waals surface area contributed by atoms with Gasteiger partial charge in [-0.15, -0.1) is 0 Å². The molecule has 0 saturated heterocycles. The minimum atomic E-state index is -0.841. The van der Waals surface area contributed by atoms with E-state index in [2.05, 4.69) is 26.8 Å². The minimum Gasteiger partial charge on any atom is -0.244 e. The van der Waals surface area contributed by atoms with Crippen LogP contribution in [0.1, 0.15) is 79.1 Å². The van der Waals surface area contributed by atoms with Crippen molar-refractivity contribution in [1.82, 2.24) is 0 Å². The molecular weight excluding hydrogens is 237 g/mol. The number of rotatable bonds is 0. The maximum atomic E-state index is 13.0. The Kier molecular flexibility index (Phi) is 5.83. The lowest BCUT2D eigenvalue weighted by Gasteiger charge is -2.29. The second kappa shape index (κ2) is 6.73. The van der Waals surface area contributed by atoms with E-state index in [9.17, 15) is 4.39 Å². The van der Waals surface area contributed by atoms with Gasteiger partial charge in [0.2, 0.25) is 0 Å². The number of alkyl halides is 1. The molecule has 0 aromatic rings. The minimum absolute atomic E-state index is 0.00646. The third-order valence-corrected chi connectivity index (χ3v) is 4.96. The Labute approximate surface area is 118 Å². The summed E-state index contributed by atoms with van der Waals surface area (Å²) in [6, 6.07) is 2.40. The van der Waals surface area contributed by atoms with Crippen molar-refractivity contribution in [3.63, 3.8) is 0 Å². The Balaban J connectivity index is 0.000000191. The number of hydrogen-bond acceptors (Lipinski definition) is 1. The Morgan fingerprint density at radius 1 is 0.895 bits per heavy atom. The Morgan fingerprint density at radius 2 is 1.26 bits per heavy atom. The molecule has 0 unspecified atom stereocenters. The zero-order valence-corrected chi connectivity index (χ0v) is 13.1. The van der Waals surface area contributed by atoms with Crippen LogP contribution in [0, 0.1) is 28.6 Å². The summed E-state index contributed by atoms with van der Waals surface area (Å²) in [5.74, 6) is 1.61. The smallest absolute Gasteiger partial charge is 0.108 e. The van der Waals surface area contributed by atoms with Crippen molar-refractivity contribution < 1.29 is 4.39 Å². The van der Waals surface area contributed by atoms with Gasteiger partial charge in [-0.25, -0.2) is 4.39 Å². The highest BCUT2D eigenvalue weighted by molar-refractivity contribution is 4.97. The van der Waals surface area contributed by atoms with E-state index in [1.165, 1.54) is 12.8 Å². The first-order valence-corrected chi connectivity index (χ1v) is 7.86. The fourth-order valence-electron chi connectivity index (χ4n) is 2.88. The number of nitriles is 1. The van der Waals surface area contributed by atoms with Gasteiger partial charge in [0.1, 0.15) is 5.67 Å². The molecule has 2 rings (SSSR count). The van der Waals surface area contributed by atoms with Gasteiger partial charge < -0.3 is 0 Å². The first-order valence-electron chi connectivity index (χ1n) is 7.86. The maximum Gasteiger partial charge on any atom is 0.108 e. The van der Waals surface area contributed by atoms with Gasteiger partial charge in [-0.1, -0.05) is 13.8 Å². The highest BCUT2D eigenvalue weighted by Gasteiger charge is 2.29. The highest BCUT2D eigenvalue weighted by Crippen LogP contribution is 2.37. The van der Waals surface area contributed by atoms with Crippen LogP contribution < -0.4 is 0 Å².